The van der Waals surface area contributed by atoms with Gasteiger partial charge in [0.05, 0.1) is 32.3 Å². The Balaban J connectivity index is 1.48. The molecule has 0 bridgehead atoms. The van der Waals surface area contributed by atoms with Crippen LogP contribution in [0.25, 0.3) is 0 Å². The summed E-state index contributed by atoms with van der Waals surface area (Å²) in [6, 6.07) is 11.2. The van der Waals surface area contributed by atoms with Crippen LogP contribution in [0.15, 0.2) is 47.4 Å². The molecule has 0 spiro atoms. The molecule has 2 saturated heterocycles. The molecule has 9 nitrogen and oxygen atoms in total. The molecular formula is C23H29N3O6S. The van der Waals surface area contributed by atoms with Crippen molar-refractivity contribution in [3.8, 4) is 11.5 Å². The normalized spacial score (nSPS) is 19.3. The maximum absolute atomic E-state index is 13.3. The van der Waals surface area contributed by atoms with Crippen molar-refractivity contribution in [3.05, 3.63) is 42.5 Å². The Morgan fingerprint density at radius 1 is 1.00 bits per heavy atom. The summed E-state index contributed by atoms with van der Waals surface area (Å²) in [6.07, 6.45) is 1.07. The second kappa shape index (κ2) is 9.98. The van der Waals surface area contributed by atoms with Crippen molar-refractivity contribution in [1.29, 1.82) is 0 Å². The first-order chi connectivity index (χ1) is 15.9. The van der Waals surface area contributed by atoms with Gasteiger partial charge in [0.2, 0.25) is 15.9 Å². The lowest BCUT2D eigenvalue weighted by Crippen LogP contribution is -2.43. The third-order valence-electron chi connectivity index (χ3n) is 5.98. The van der Waals surface area contributed by atoms with Crippen LogP contribution >= 0.6 is 0 Å². The number of ether oxygens (including phenoxy) is 3. The molecule has 4 rings (SSSR count). The number of sulfonamides is 1. The van der Waals surface area contributed by atoms with Gasteiger partial charge in [-0.3, -0.25) is 4.79 Å². The highest BCUT2D eigenvalue weighted by atomic mass is 32.2. The summed E-state index contributed by atoms with van der Waals surface area (Å²) in [4.78, 5) is 15.3. The first kappa shape index (κ1) is 23.3. The highest BCUT2D eigenvalue weighted by Gasteiger charge is 2.39. The van der Waals surface area contributed by atoms with E-state index in [2.05, 4.69) is 10.2 Å². The molecule has 10 heteroatoms. The van der Waals surface area contributed by atoms with Crippen molar-refractivity contribution in [2.24, 2.45) is 0 Å². The monoisotopic (exact) mass is 475 g/mol. The zero-order valence-corrected chi connectivity index (χ0v) is 19.6. The number of amides is 1. The summed E-state index contributed by atoms with van der Waals surface area (Å²) >= 11 is 0. The molecule has 2 aromatic carbocycles. The van der Waals surface area contributed by atoms with E-state index in [1.165, 1.54) is 30.7 Å². The molecule has 1 N–H and O–H groups in total. The van der Waals surface area contributed by atoms with Crippen LogP contribution in [0.4, 0.5) is 11.4 Å². The Bertz CT molecular complexity index is 1080. The zero-order valence-electron chi connectivity index (χ0n) is 18.8. The number of hydrogen-bond donors (Lipinski definition) is 1. The predicted octanol–water partition coefficient (Wildman–Crippen LogP) is 2.33. The van der Waals surface area contributed by atoms with Crippen LogP contribution in [-0.2, 0) is 19.6 Å². The number of carbonyl (C=O) groups is 1. The molecule has 2 fully saturated rings. The SMILES string of the molecule is COc1ccc(S(=O)(=O)N2CCCC2C(=O)Nc2ccc(N3CCOCC3)cc2)cc1OC. The Labute approximate surface area is 194 Å². The molecule has 2 aliphatic heterocycles. The summed E-state index contributed by atoms with van der Waals surface area (Å²) < 4.78 is 43.7. The lowest BCUT2D eigenvalue weighted by atomic mass is 10.2. The van der Waals surface area contributed by atoms with Gasteiger partial charge >= 0.3 is 0 Å². The minimum Gasteiger partial charge on any atom is -0.493 e. The fourth-order valence-electron chi connectivity index (χ4n) is 4.20. The Hall–Kier alpha value is -2.82. The molecule has 2 heterocycles. The first-order valence-corrected chi connectivity index (χ1v) is 12.4. The average molecular weight is 476 g/mol. The smallest absolute Gasteiger partial charge is 0.243 e. The fourth-order valence-corrected chi connectivity index (χ4v) is 5.88. The van der Waals surface area contributed by atoms with Gasteiger partial charge in [-0.25, -0.2) is 8.42 Å². The van der Waals surface area contributed by atoms with E-state index in [0.717, 1.165) is 18.8 Å². The van der Waals surface area contributed by atoms with Gasteiger partial charge in [0.25, 0.3) is 0 Å². The molecular weight excluding hydrogens is 446 g/mol. The van der Waals surface area contributed by atoms with Crippen LogP contribution in [0, 0.1) is 0 Å². The van der Waals surface area contributed by atoms with Crippen LogP contribution in [-0.4, -0.2) is 71.7 Å². The summed E-state index contributed by atoms with van der Waals surface area (Å²) in [5.74, 6) is 0.419. The number of morpholine rings is 1. The van der Waals surface area contributed by atoms with Gasteiger partial charge in [-0.1, -0.05) is 0 Å². The second-order valence-electron chi connectivity index (χ2n) is 7.93. The van der Waals surface area contributed by atoms with Gasteiger partial charge in [0.1, 0.15) is 6.04 Å². The number of rotatable bonds is 7. The quantitative estimate of drug-likeness (QED) is 0.656. The first-order valence-electron chi connectivity index (χ1n) is 10.9. The van der Waals surface area contributed by atoms with E-state index >= 15 is 0 Å². The van der Waals surface area contributed by atoms with Crippen molar-refractivity contribution in [2.75, 3.05) is 57.3 Å². The van der Waals surface area contributed by atoms with E-state index in [4.69, 9.17) is 14.2 Å². The molecule has 1 atom stereocenters. The molecule has 0 aromatic heterocycles. The third kappa shape index (κ3) is 4.92. The number of methoxy groups -OCH3 is 2. The van der Waals surface area contributed by atoms with Crippen molar-refractivity contribution >= 4 is 27.3 Å². The molecule has 1 unspecified atom stereocenters. The third-order valence-corrected chi connectivity index (χ3v) is 7.88. The molecule has 0 aliphatic carbocycles. The number of nitrogens with one attached hydrogen (secondary N) is 1. The fraction of sp³-hybridized carbons (Fsp3) is 0.435. The molecule has 0 saturated carbocycles. The maximum atomic E-state index is 13.3. The summed E-state index contributed by atoms with van der Waals surface area (Å²) in [7, 11) is -0.950. The van der Waals surface area contributed by atoms with Gasteiger partial charge < -0.3 is 24.4 Å². The topological polar surface area (TPSA) is 97.4 Å². The van der Waals surface area contributed by atoms with Crippen molar-refractivity contribution in [2.45, 2.75) is 23.8 Å². The number of anilines is 2. The van der Waals surface area contributed by atoms with Gasteiger partial charge in [0.15, 0.2) is 11.5 Å². The Kier molecular flexibility index (Phi) is 7.06. The lowest BCUT2D eigenvalue weighted by Gasteiger charge is -2.29. The van der Waals surface area contributed by atoms with E-state index < -0.39 is 16.1 Å². The molecule has 178 valence electrons. The highest BCUT2D eigenvalue weighted by Crippen LogP contribution is 2.33. The van der Waals surface area contributed by atoms with Gasteiger partial charge in [-0.15, -0.1) is 0 Å². The number of benzene rings is 2. The van der Waals surface area contributed by atoms with Crippen LogP contribution in [0.2, 0.25) is 0 Å². The largest absolute Gasteiger partial charge is 0.493 e. The predicted molar refractivity (Wildman–Crippen MR) is 125 cm³/mol. The van der Waals surface area contributed by atoms with Crippen molar-refractivity contribution < 1.29 is 27.4 Å². The summed E-state index contributed by atoms with van der Waals surface area (Å²) in [6.45, 7) is 3.34. The van der Waals surface area contributed by atoms with Crippen LogP contribution in [0.5, 0.6) is 11.5 Å². The standard InChI is InChI=1S/C23H29N3O6S/c1-30-21-10-9-19(16-22(21)31-2)33(28,29)26-11-3-4-20(26)23(27)24-17-5-7-18(8-6-17)25-12-14-32-15-13-25/h5-10,16,20H,3-4,11-15H2,1-2H3,(H,24,27). The minimum absolute atomic E-state index is 0.0646. The maximum Gasteiger partial charge on any atom is 0.243 e. The van der Waals surface area contributed by atoms with Crippen LogP contribution in [0.3, 0.4) is 0 Å². The zero-order chi connectivity index (χ0) is 23.4. The van der Waals surface area contributed by atoms with Crippen molar-refractivity contribution in [3.63, 3.8) is 0 Å². The number of nitrogens with zero attached hydrogens (tertiary/aromatic N) is 2. The molecule has 2 aromatic rings. The van der Waals surface area contributed by atoms with Crippen LogP contribution < -0.4 is 19.7 Å². The van der Waals surface area contributed by atoms with E-state index in [9.17, 15) is 13.2 Å². The van der Waals surface area contributed by atoms with E-state index in [0.29, 0.717) is 43.2 Å². The Morgan fingerprint density at radius 3 is 2.36 bits per heavy atom. The Morgan fingerprint density at radius 2 is 1.70 bits per heavy atom. The van der Waals surface area contributed by atoms with E-state index in [1.54, 1.807) is 6.07 Å². The van der Waals surface area contributed by atoms with Gasteiger partial charge in [-0.05, 0) is 49.2 Å². The molecule has 2 aliphatic rings. The average Bonchev–Trinajstić information content (AvgIpc) is 3.36. The van der Waals surface area contributed by atoms with Gasteiger partial charge in [-0.2, -0.15) is 4.31 Å². The number of carbonyl (C=O) groups excluding carboxylic acids is 1. The summed E-state index contributed by atoms with van der Waals surface area (Å²) in [5.41, 5.74) is 1.70. The summed E-state index contributed by atoms with van der Waals surface area (Å²) in [5, 5.41) is 2.88. The van der Waals surface area contributed by atoms with Crippen LogP contribution in [0.1, 0.15) is 12.8 Å². The second-order valence-corrected chi connectivity index (χ2v) is 9.82. The molecule has 33 heavy (non-hydrogen) atoms. The highest BCUT2D eigenvalue weighted by molar-refractivity contribution is 7.89. The molecule has 0 radical (unpaired) electrons. The van der Waals surface area contributed by atoms with Crippen molar-refractivity contribution in [1.82, 2.24) is 4.31 Å². The minimum atomic E-state index is -3.89. The molecule has 1 amide bonds. The van der Waals surface area contributed by atoms with Gasteiger partial charge in [0, 0.05) is 37.1 Å². The van der Waals surface area contributed by atoms with E-state index in [1.807, 2.05) is 24.3 Å². The number of hydrogen-bond acceptors (Lipinski definition) is 7. The van der Waals surface area contributed by atoms with E-state index in [-0.39, 0.29) is 17.3 Å². The lowest BCUT2D eigenvalue weighted by molar-refractivity contribution is -0.119.